The minimum Gasteiger partial charge on any atom is -0.381 e. The Kier molecular flexibility index (Phi) is 7.34. The second-order valence-electron chi connectivity index (χ2n) is 5.68. The van der Waals surface area contributed by atoms with Crippen LogP contribution < -0.4 is 5.32 Å². The van der Waals surface area contributed by atoms with Crippen LogP contribution >= 0.6 is 0 Å². The summed E-state index contributed by atoms with van der Waals surface area (Å²) < 4.78 is 5.70. The highest BCUT2D eigenvalue weighted by Gasteiger charge is 1.98. The van der Waals surface area contributed by atoms with E-state index in [1.165, 1.54) is 18.1 Å². The van der Waals surface area contributed by atoms with Crippen molar-refractivity contribution in [2.24, 2.45) is 0 Å². The van der Waals surface area contributed by atoms with Crippen LogP contribution in [0.5, 0.6) is 0 Å². The Balaban J connectivity index is 1.54. The van der Waals surface area contributed by atoms with E-state index in [9.17, 15) is 4.79 Å². The molecule has 0 aliphatic rings. The predicted octanol–water partition coefficient (Wildman–Crippen LogP) is 4.23. The first-order chi connectivity index (χ1) is 11.2. The third kappa shape index (κ3) is 7.11. The number of benzene rings is 2. The summed E-state index contributed by atoms with van der Waals surface area (Å²) in [7, 11) is 0. The van der Waals surface area contributed by atoms with E-state index in [-0.39, 0.29) is 5.91 Å². The van der Waals surface area contributed by atoms with Gasteiger partial charge in [0.1, 0.15) is 0 Å². The lowest BCUT2D eigenvalue weighted by Gasteiger charge is -2.06. The van der Waals surface area contributed by atoms with Gasteiger partial charge in [-0.25, -0.2) is 0 Å². The molecule has 0 aliphatic carbocycles. The molecule has 0 aliphatic heterocycles. The van der Waals surface area contributed by atoms with Crippen LogP contribution in [0.2, 0.25) is 0 Å². The van der Waals surface area contributed by atoms with Crippen LogP contribution in [-0.4, -0.2) is 19.1 Å². The second kappa shape index (κ2) is 9.80. The molecule has 122 valence electrons. The van der Waals surface area contributed by atoms with Gasteiger partial charge in [0, 0.05) is 25.8 Å². The summed E-state index contributed by atoms with van der Waals surface area (Å²) in [6.07, 6.45) is 4.16. The van der Waals surface area contributed by atoms with Gasteiger partial charge in [0.2, 0.25) is 5.91 Å². The first-order valence-electron chi connectivity index (χ1n) is 8.22. The first kappa shape index (κ1) is 17.2. The normalized spacial score (nSPS) is 10.5. The number of anilines is 1. The fourth-order valence-electron chi connectivity index (χ4n) is 2.46. The number of hydrogen-bond donors (Lipinski definition) is 1. The zero-order valence-corrected chi connectivity index (χ0v) is 13.8. The molecule has 0 atom stereocenters. The Hall–Kier alpha value is -2.13. The average molecular weight is 311 g/mol. The summed E-state index contributed by atoms with van der Waals surface area (Å²) in [6.45, 7) is 3.13. The lowest BCUT2D eigenvalue weighted by molar-refractivity contribution is -0.114. The highest BCUT2D eigenvalue weighted by Crippen LogP contribution is 2.11. The second-order valence-corrected chi connectivity index (χ2v) is 5.68. The molecule has 0 aromatic heterocycles. The van der Waals surface area contributed by atoms with Crippen molar-refractivity contribution in [2.45, 2.75) is 32.6 Å². The molecule has 0 unspecified atom stereocenters. The summed E-state index contributed by atoms with van der Waals surface area (Å²) in [4.78, 5) is 11.0. The van der Waals surface area contributed by atoms with Crippen molar-refractivity contribution in [2.75, 3.05) is 18.5 Å². The molecule has 0 bridgehead atoms. The van der Waals surface area contributed by atoms with Crippen molar-refractivity contribution >= 4 is 11.6 Å². The van der Waals surface area contributed by atoms with Crippen LogP contribution in [0.1, 0.15) is 30.9 Å². The molecule has 1 amide bonds. The van der Waals surface area contributed by atoms with E-state index in [0.717, 1.165) is 44.6 Å². The number of nitrogens with one attached hydrogen (secondary N) is 1. The standard InChI is InChI=1S/C20H25NO2/c1-17(22)21-20-13-11-19(12-14-20)10-6-16-23-15-5-9-18-7-3-2-4-8-18/h2-4,7-8,11-14H,5-6,9-10,15-16H2,1H3,(H,21,22). The maximum Gasteiger partial charge on any atom is 0.221 e. The zero-order chi connectivity index (χ0) is 16.3. The molecule has 2 aromatic carbocycles. The van der Waals surface area contributed by atoms with Gasteiger partial charge < -0.3 is 10.1 Å². The van der Waals surface area contributed by atoms with E-state index in [2.05, 4.69) is 41.7 Å². The van der Waals surface area contributed by atoms with E-state index in [0.29, 0.717) is 0 Å². The Morgan fingerprint density at radius 1 is 0.870 bits per heavy atom. The quantitative estimate of drug-likeness (QED) is 0.704. The van der Waals surface area contributed by atoms with E-state index in [1.54, 1.807) is 0 Å². The van der Waals surface area contributed by atoms with E-state index < -0.39 is 0 Å². The smallest absolute Gasteiger partial charge is 0.221 e. The third-order valence-corrected chi connectivity index (χ3v) is 3.63. The number of hydrogen-bond acceptors (Lipinski definition) is 2. The molecule has 2 aromatic rings. The van der Waals surface area contributed by atoms with Gasteiger partial charge in [-0.15, -0.1) is 0 Å². The van der Waals surface area contributed by atoms with E-state index in [1.807, 2.05) is 18.2 Å². The molecular formula is C20H25NO2. The average Bonchev–Trinajstić information content (AvgIpc) is 2.56. The van der Waals surface area contributed by atoms with Gasteiger partial charge in [-0.3, -0.25) is 4.79 Å². The van der Waals surface area contributed by atoms with E-state index >= 15 is 0 Å². The number of ether oxygens (including phenoxy) is 1. The van der Waals surface area contributed by atoms with Crippen LogP contribution in [0.15, 0.2) is 54.6 Å². The molecule has 0 fully saturated rings. The summed E-state index contributed by atoms with van der Waals surface area (Å²) in [5.41, 5.74) is 3.49. The maximum absolute atomic E-state index is 11.0. The molecular weight excluding hydrogens is 286 g/mol. The molecule has 0 saturated carbocycles. The van der Waals surface area contributed by atoms with Crippen LogP contribution in [0.4, 0.5) is 5.69 Å². The first-order valence-corrected chi connectivity index (χ1v) is 8.22. The van der Waals surface area contributed by atoms with Crippen molar-refractivity contribution in [1.29, 1.82) is 0 Å². The Morgan fingerprint density at radius 3 is 2.00 bits per heavy atom. The lowest BCUT2D eigenvalue weighted by Crippen LogP contribution is -2.05. The van der Waals surface area contributed by atoms with Gasteiger partial charge in [0.15, 0.2) is 0 Å². The van der Waals surface area contributed by atoms with Crippen molar-refractivity contribution in [3.8, 4) is 0 Å². The highest BCUT2D eigenvalue weighted by molar-refractivity contribution is 5.88. The largest absolute Gasteiger partial charge is 0.381 e. The highest BCUT2D eigenvalue weighted by atomic mass is 16.5. The van der Waals surface area contributed by atoms with Crippen LogP contribution in [-0.2, 0) is 22.4 Å². The van der Waals surface area contributed by atoms with Gasteiger partial charge in [-0.2, -0.15) is 0 Å². The van der Waals surface area contributed by atoms with Crippen molar-refractivity contribution in [1.82, 2.24) is 0 Å². The summed E-state index contributed by atoms with van der Waals surface area (Å²) in [5.74, 6) is -0.0401. The minimum atomic E-state index is -0.0401. The van der Waals surface area contributed by atoms with Gasteiger partial charge in [0.05, 0.1) is 0 Å². The monoisotopic (exact) mass is 311 g/mol. The molecule has 0 spiro atoms. The SMILES string of the molecule is CC(=O)Nc1ccc(CCCOCCCc2ccccc2)cc1. The van der Waals surface area contributed by atoms with Crippen LogP contribution in [0.25, 0.3) is 0 Å². The van der Waals surface area contributed by atoms with E-state index in [4.69, 9.17) is 4.74 Å². The lowest BCUT2D eigenvalue weighted by atomic mass is 10.1. The topological polar surface area (TPSA) is 38.3 Å². The van der Waals surface area contributed by atoms with Gasteiger partial charge in [-0.1, -0.05) is 42.5 Å². The molecule has 3 heteroatoms. The van der Waals surface area contributed by atoms with Crippen LogP contribution in [0, 0.1) is 0 Å². The molecule has 1 N–H and O–H groups in total. The molecule has 23 heavy (non-hydrogen) atoms. The summed E-state index contributed by atoms with van der Waals surface area (Å²) >= 11 is 0. The molecule has 3 nitrogen and oxygen atoms in total. The van der Waals surface area contributed by atoms with Gasteiger partial charge in [0.25, 0.3) is 0 Å². The number of carbonyl (C=O) groups is 1. The Bertz CT molecular complexity index is 578. The molecule has 2 rings (SSSR count). The molecule has 0 saturated heterocycles. The minimum absolute atomic E-state index is 0.0401. The molecule has 0 heterocycles. The zero-order valence-electron chi connectivity index (χ0n) is 13.8. The number of amides is 1. The Labute approximate surface area is 138 Å². The maximum atomic E-state index is 11.0. The predicted molar refractivity (Wildman–Crippen MR) is 94.6 cm³/mol. The fourth-order valence-corrected chi connectivity index (χ4v) is 2.46. The number of aryl methyl sites for hydroxylation is 2. The number of carbonyl (C=O) groups excluding carboxylic acids is 1. The summed E-state index contributed by atoms with van der Waals surface area (Å²) in [5, 5.41) is 2.77. The Morgan fingerprint density at radius 2 is 1.43 bits per heavy atom. The van der Waals surface area contributed by atoms with Crippen LogP contribution in [0.3, 0.4) is 0 Å². The van der Waals surface area contributed by atoms with Crippen molar-refractivity contribution < 1.29 is 9.53 Å². The van der Waals surface area contributed by atoms with Crippen molar-refractivity contribution in [3.63, 3.8) is 0 Å². The van der Waals surface area contributed by atoms with Gasteiger partial charge >= 0.3 is 0 Å². The van der Waals surface area contributed by atoms with Crippen molar-refractivity contribution in [3.05, 3.63) is 65.7 Å². The number of rotatable bonds is 9. The third-order valence-electron chi connectivity index (χ3n) is 3.63. The summed E-state index contributed by atoms with van der Waals surface area (Å²) in [6, 6.07) is 18.5. The van der Waals surface area contributed by atoms with Gasteiger partial charge in [-0.05, 0) is 48.9 Å². The fraction of sp³-hybridized carbons (Fsp3) is 0.350. The molecule has 0 radical (unpaired) electrons.